The van der Waals surface area contributed by atoms with E-state index in [1.807, 2.05) is 0 Å². The van der Waals surface area contributed by atoms with Crippen LogP contribution in [0.1, 0.15) is 0 Å². The van der Waals surface area contributed by atoms with E-state index >= 15 is 0 Å². The summed E-state index contributed by atoms with van der Waals surface area (Å²) in [5, 5.41) is 0. The Balaban J connectivity index is -0.0000000174. The molecule has 0 aromatic heterocycles. The first kappa shape index (κ1) is 219. The number of hydrogen-bond donors (Lipinski definition) is 0. The Bertz CT molecular complexity index is 1400. The molecule has 0 saturated carbocycles. The summed E-state index contributed by atoms with van der Waals surface area (Å²) in [6.45, 7) is 0. The van der Waals surface area contributed by atoms with Crippen molar-refractivity contribution in [1.82, 2.24) is 0 Å². The smallest absolute Gasteiger partial charge is 0.672 e. The molecule has 0 aliphatic rings. The molecule has 0 saturated heterocycles. The summed E-state index contributed by atoms with van der Waals surface area (Å²) in [5.74, 6) is 0. The summed E-state index contributed by atoms with van der Waals surface area (Å²) in [5.41, 5.74) is 0. The van der Waals surface area contributed by atoms with Gasteiger partial charge in [-0.1, -0.05) is 0 Å². The number of rotatable bonds is 0. The van der Waals surface area contributed by atoms with Crippen molar-refractivity contribution >= 4 is 450 Å². The van der Waals surface area contributed by atoms with Gasteiger partial charge in [-0.05, 0) is 0 Å². The van der Waals surface area contributed by atoms with E-state index in [2.05, 4.69) is 0 Å². The van der Waals surface area contributed by atoms with Gasteiger partial charge in [0, 0.05) is 229 Å². The van der Waals surface area contributed by atoms with Crippen LogP contribution in [0.2, 0.25) is 0 Å². The van der Waals surface area contributed by atoms with Crippen molar-refractivity contribution in [3.8, 4) is 0 Å². The molecule has 0 atom stereocenters. The van der Waals surface area contributed by atoms with Crippen LogP contribution in [0.3, 0.4) is 0 Å². The van der Waals surface area contributed by atoms with Gasteiger partial charge in [-0.25, -0.2) is 0 Å². The molecule has 0 aliphatic heterocycles. The average Bonchev–Trinajstić information content (AvgIpc) is 3.15. The van der Waals surface area contributed by atoms with Crippen molar-refractivity contribution in [3.63, 3.8) is 0 Å². The van der Waals surface area contributed by atoms with Crippen LogP contribution < -0.4 is 240 Å². The van der Waals surface area contributed by atoms with E-state index in [1.165, 1.54) is 0 Å². The molecule has 0 N–H and O–H groups in total. The topological polar surface area (TPSA) is 1580 Å². The van der Waals surface area contributed by atoms with Crippen molar-refractivity contribution in [2.75, 3.05) is 0 Å². The molecule has 0 unspecified atom stereocenters. The van der Waals surface area contributed by atoms with Gasteiger partial charge in [0.25, 0.3) is 0 Å². The molecular formula is Al4Ca4O75Si25-30. The molecule has 600 valence electrons. The van der Waals surface area contributed by atoms with E-state index in [-0.39, 0.29) is 220 Å². The van der Waals surface area contributed by atoms with Crippen LogP contribution in [0, 0.1) is 0 Å². The second-order valence-electron chi connectivity index (χ2n) is 6.25. The predicted octanol–water partition coefficient (Wildman–Crippen LogP) is -75.0. The molecule has 108 heteroatoms. The first-order valence-electron chi connectivity index (χ1n) is 15.3. The Hall–Kier alpha value is -2.41. The van der Waals surface area contributed by atoms with E-state index in [0.29, 0.717) is 0 Å². The van der Waals surface area contributed by atoms with E-state index in [4.69, 9.17) is 351 Å². The summed E-state index contributed by atoms with van der Waals surface area (Å²) in [6.07, 6.45) is 0. The maximum Gasteiger partial charge on any atom is 3.00 e. The van der Waals surface area contributed by atoms with Crippen LogP contribution >= 0.6 is 0 Å². The van der Waals surface area contributed by atoms with Crippen molar-refractivity contribution in [2.45, 2.75) is 0 Å². The van der Waals surface area contributed by atoms with Gasteiger partial charge >= 0.3 is 220 Å². The molecule has 0 fully saturated rings. The standard InChI is InChI=1S/4Al.4Ca.25O3Si/c;;;;;;;;25*1-4(2)3/q4*+3;4*+2;25*-2. The van der Waals surface area contributed by atoms with Gasteiger partial charge in [-0.2, -0.15) is 0 Å². The first-order chi connectivity index (χ1) is 43.3. The third-order valence-electron chi connectivity index (χ3n) is 0. The van der Waals surface area contributed by atoms with Gasteiger partial charge in [-0.3, -0.25) is 0 Å². The molecule has 0 rings (SSSR count). The van der Waals surface area contributed by atoms with Gasteiger partial charge in [0.15, 0.2) is 0 Å². The fourth-order valence-electron chi connectivity index (χ4n) is 0. The molecule has 0 spiro atoms. The van der Waals surface area contributed by atoms with Crippen molar-refractivity contribution < 1.29 is 351 Å². The Morgan fingerprint density at radius 3 is 0.0741 bits per heavy atom. The Labute approximate surface area is 789 Å². The fourth-order valence-corrected chi connectivity index (χ4v) is 0. The second kappa shape index (κ2) is 213. The molecule has 0 aliphatic carbocycles. The monoisotopic (exact) mass is 2170 g/mol. The van der Waals surface area contributed by atoms with Crippen molar-refractivity contribution in [2.24, 2.45) is 0 Å². The summed E-state index contributed by atoms with van der Waals surface area (Å²) < 4.78 is 213. The van der Waals surface area contributed by atoms with Gasteiger partial charge in [-0.15, -0.1) is 0 Å². The van der Waals surface area contributed by atoms with Gasteiger partial charge < -0.3 is 351 Å². The summed E-state index contributed by atoms with van der Waals surface area (Å²) >= 11 is 0. The normalized spacial score (nSPS) is 5.56. The molecule has 0 radical (unpaired) electrons. The number of hydrogen-bond acceptors (Lipinski definition) is 75. The molecule has 0 heterocycles. The molecule has 75 nitrogen and oxygen atoms in total. The SMILES string of the molecule is O=[Si]([O-])[O-].O=[Si]([O-])[O-].O=[Si]([O-])[O-].O=[Si]([O-])[O-].O=[Si]([O-])[O-].O=[Si]([O-])[O-].O=[Si]([O-])[O-].O=[Si]([O-])[O-].O=[Si]([O-])[O-].O=[Si]([O-])[O-].O=[Si]([O-])[O-].O=[Si]([O-])[O-].O=[Si]([O-])[O-].O=[Si]([O-])[O-].O=[Si]([O-])[O-].O=[Si]([O-])[O-].O=[Si]([O-])[O-].O=[Si]([O-])[O-].O=[Si]([O-])[O-].O=[Si]([O-])[O-].O=[Si]([O-])[O-].O=[Si]([O-])[O-].O=[Si]([O-])[O-].O=[Si]([O-])[O-].O=[Si]([O-])[O-].[Al+3].[Al+3].[Al+3].[Al+3].[Ca+2].[Ca+2].[Ca+2].[Ca+2]. The molecule has 0 amide bonds. The zero-order valence-corrected chi connectivity index (χ0v) is 86.7. The van der Waals surface area contributed by atoms with Crippen LogP contribution in [0.5, 0.6) is 0 Å². The van der Waals surface area contributed by atoms with Crippen LogP contribution in [-0.2, 0) is 112 Å². The molecule has 0 aromatic carbocycles. The van der Waals surface area contributed by atoms with Crippen LogP contribution in [0.25, 0.3) is 0 Å². The average molecular weight is 2170 g/mol. The summed E-state index contributed by atoms with van der Waals surface area (Å²) in [4.78, 5) is 426. The second-order valence-corrected chi connectivity index (χ2v) is 18.8. The van der Waals surface area contributed by atoms with Crippen LogP contribution in [0.4, 0.5) is 0 Å². The minimum absolute atomic E-state index is 0. The minimum atomic E-state index is -3.63. The molecule has 108 heavy (non-hydrogen) atoms. The zero-order chi connectivity index (χ0) is 89.4. The van der Waals surface area contributed by atoms with E-state index in [0.717, 1.165) is 0 Å². The first-order valence-corrected chi connectivity index (χ1v) is 45.9. The molecular weight excluding hydrogens is 2170 g/mol. The molecule has 0 bridgehead atoms. The zero-order valence-electron chi connectivity index (χ0n) is 48.3. The fraction of sp³-hybridized carbons (Fsp3) is 0. The van der Waals surface area contributed by atoms with E-state index in [9.17, 15) is 0 Å². The Morgan fingerprint density at radius 2 is 0.0741 bits per heavy atom. The maximum absolute atomic E-state index is 8.52. The van der Waals surface area contributed by atoms with E-state index < -0.39 is 229 Å². The van der Waals surface area contributed by atoms with Crippen LogP contribution in [-0.4, -0.2) is 450 Å². The maximum atomic E-state index is 8.52. The van der Waals surface area contributed by atoms with E-state index in [1.54, 1.807) is 0 Å². The Kier molecular flexibility index (Phi) is 432. The van der Waals surface area contributed by atoms with Gasteiger partial charge in [0.2, 0.25) is 0 Å². The predicted molar refractivity (Wildman–Crippen MR) is 207 cm³/mol. The largest absolute Gasteiger partial charge is 3.00 e. The van der Waals surface area contributed by atoms with Gasteiger partial charge in [0.1, 0.15) is 0 Å². The third-order valence-corrected chi connectivity index (χ3v) is 0. The van der Waals surface area contributed by atoms with Gasteiger partial charge in [0.05, 0.1) is 0 Å². The van der Waals surface area contributed by atoms with Crippen molar-refractivity contribution in [3.05, 3.63) is 0 Å². The summed E-state index contributed by atoms with van der Waals surface area (Å²) in [6, 6.07) is 0. The molecule has 0 aromatic rings. The third kappa shape index (κ3) is 188000. The quantitative estimate of drug-likeness (QED) is 0.203. The van der Waals surface area contributed by atoms with Crippen LogP contribution in [0.15, 0.2) is 0 Å². The Morgan fingerprint density at radius 1 is 0.0741 bits per heavy atom. The minimum Gasteiger partial charge on any atom is -0.672 e. The summed E-state index contributed by atoms with van der Waals surface area (Å²) in [7, 11) is -90.7. The van der Waals surface area contributed by atoms with Crippen molar-refractivity contribution in [1.29, 1.82) is 0 Å².